The predicted molar refractivity (Wildman–Crippen MR) is 306 cm³/mol. The molecule has 0 amide bonds. The van der Waals surface area contributed by atoms with E-state index in [4.69, 9.17) is 14.2 Å². The lowest BCUT2D eigenvalue weighted by atomic mass is 10.1. The molecule has 0 saturated carbocycles. The van der Waals surface area contributed by atoms with Gasteiger partial charge in [-0.05, 0) is 122 Å². The standard InChI is InChI=1S/C65H112O5/c1-4-7-10-13-16-19-22-25-28-30-32-34-36-39-42-45-48-51-54-57-60-68-61-63(70-65(67)59-56-53-50-47-44-41-37-27-24-21-18-15-12-9-6-3)62-69-64(66)58-55-52-49-46-43-40-38-35-33-31-29-26-23-20-17-14-11-8-5-2/h9,12,16,18-19,21,25-29,32,34,37,44,47,63H,4-8,10-11,13-15,17,20,22-24,30-31,33,35-36,38-43,45-46,48-62H2,1-3H3/b12-9-,19-16-,21-18-,28-25-,29-26-,34-32-,37-27-,47-44-. The second-order valence-corrected chi connectivity index (χ2v) is 19.5. The topological polar surface area (TPSA) is 61.8 Å². The van der Waals surface area contributed by atoms with Gasteiger partial charge >= 0.3 is 11.9 Å². The summed E-state index contributed by atoms with van der Waals surface area (Å²) in [5.74, 6) is -0.450. The van der Waals surface area contributed by atoms with Gasteiger partial charge < -0.3 is 14.2 Å². The van der Waals surface area contributed by atoms with Crippen molar-refractivity contribution in [1.82, 2.24) is 0 Å². The maximum Gasteiger partial charge on any atom is 0.306 e. The van der Waals surface area contributed by atoms with Crippen LogP contribution in [0.4, 0.5) is 0 Å². The van der Waals surface area contributed by atoms with Crippen LogP contribution in [0.15, 0.2) is 97.2 Å². The minimum Gasteiger partial charge on any atom is -0.462 e. The number of unbranched alkanes of at least 4 members (excludes halogenated alkanes) is 27. The number of hydrogen-bond acceptors (Lipinski definition) is 5. The van der Waals surface area contributed by atoms with Gasteiger partial charge in [0.25, 0.3) is 0 Å². The molecule has 0 aromatic rings. The van der Waals surface area contributed by atoms with Crippen LogP contribution >= 0.6 is 0 Å². The van der Waals surface area contributed by atoms with Crippen molar-refractivity contribution < 1.29 is 23.8 Å². The summed E-state index contributed by atoms with van der Waals surface area (Å²) in [6, 6.07) is 0. The first kappa shape index (κ1) is 66.8. The van der Waals surface area contributed by atoms with Crippen LogP contribution in [-0.4, -0.2) is 37.9 Å². The number of carbonyl (C=O) groups is 2. The van der Waals surface area contributed by atoms with Crippen LogP contribution in [0.2, 0.25) is 0 Å². The van der Waals surface area contributed by atoms with E-state index in [0.717, 1.165) is 83.5 Å². The number of allylic oxidation sites excluding steroid dienone is 16. The van der Waals surface area contributed by atoms with Crippen molar-refractivity contribution in [3.8, 4) is 0 Å². The summed E-state index contributed by atoms with van der Waals surface area (Å²) in [6.07, 6.45) is 81.5. The van der Waals surface area contributed by atoms with Crippen LogP contribution in [0.25, 0.3) is 0 Å². The molecular formula is C65H112O5. The Balaban J connectivity index is 4.34. The Kier molecular flexibility index (Phi) is 57.4. The highest BCUT2D eigenvalue weighted by molar-refractivity contribution is 5.70. The van der Waals surface area contributed by atoms with Crippen LogP contribution in [0.5, 0.6) is 0 Å². The maximum absolute atomic E-state index is 12.9. The Morgan fingerprint density at radius 2 is 0.643 bits per heavy atom. The summed E-state index contributed by atoms with van der Waals surface area (Å²) >= 11 is 0. The third-order valence-corrected chi connectivity index (χ3v) is 12.6. The lowest BCUT2D eigenvalue weighted by Crippen LogP contribution is -2.30. The summed E-state index contributed by atoms with van der Waals surface area (Å²) in [5, 5.41) is 0. The van der Waals surface area contributed by atoms with E-state index in [2.05, 4.69) is 118 Å². The third kappa shape index (κ3) is 57.4. The molecule has 70 heavy (non-hydrogen) atoms. The average molecular weight is 974 g/mol. The molecule has 0 aromatic carbocycles. The Bertz CT molecular complexity index is 1330. The van der Waals surface area contributed by atoms with Gasteiger partial charge in [0.05, 0.1) is 6.61 Å². The first-order valence-corrected chi connectivity index (χ1v) is 29.8. The lowest BCUT2D eigenvalue weighted by Gasteiger charge is -2.18. The van der Waals surface area contributed by atoms with Crippen molar-refractivity contribution in [1.29, 1.82) is 0 Å². The van der Waals surface area contributed by atoms with E-state index in [1.807, 2.05) is 0 Å². The van der Waals surface area contributed by atoms with Gasteiger partial charge in [0.15, 0.2) is 6.10 Å². The molecule has 402 valence electrons. The molecular weight excluding hydrogens is 861 g/mol. The van der Waals surface area contributed by atoms with E-state index in [9.17, 15) is 9.59 Å². The molecule has 0 heterocycles. The zero-order valence-electron chi connectivity index (χ0n) is 46.3. The lowest BCUT2D eigenvalue weighted by molar-refractivity contribution is -0.163. The maximum atomic E-state index is 12.9. The summed E-state index contributed by atoms with van der Waals surface area (Å²) in [4.78, 5) is 25.5. The summed E-state index contributed by atoms with van der Waals surface area (Å²) in [7, 11) is 0. The van der Waals surface area contributed by atoms with Gasteiger partial charge in [0.1, 0.15) is 6.61 Å². The third-order valence-electron chi connectivity index (χ3n) is 12.6. The van der Waals surface area contributed by atoms with Crippen LogP contribution in [0.3, 0.4) is 0 Å². The van der Waals surface area contributed by atoms with Crippen molar-refractivity contribution >= 4 is 11.9 Å². The van der Waals surface area contributed by atoms with Crippen molar-refractivity contribution in [3.05, 3.63) is 97.2 Å². The molecule has 0 radical (unpaired) electrons. The molecule has 0 aliphatic rings. The van der Waals surface area contributed by atoms with Gasteiger partial charge in [-0.25, -0.2) is 0 Å². The minimum atomic E-state index is -0.570. The first-order valence-electron chi connectivity index (χ1n) is 29.8. The smallest absolute Gasteiger partial charge is 0.306 e. The van der Waals surface area contributed by atoms with Crippen LogP contribution in [-0.2, 0) is 23.8 Å². The second kappa shape index (κ2) is 60.1. The highest BCUT2D eigenvalue weighted by Gasteiger charge is 2.17. The molecule has 0 fully saturated rings. The van der Waals surface area contributed by atoms with Crippen molar-refractivity contribution in [3.63, 3.8) is 0 Å². The number of hydrogen-bond donors (Lipinski definition) is 0. The molecule has 0 saturated heterocycles. The Labute approximate surface area is 434 Å². The van der Waals surface area contributed by atoms with E-state index >= 15 is 0 Å². The predicted octanol–water partition coefficient (Wildman–Crippen LogP) is 20.6. The number of carbonyl (C=O) groups excluding carboxylic acids is 2. The number of ether oxygens (including phenoxy) is 3. The molecule has 1 unspecified atom stereocenters. The molecule has 5 nitrogen and oxygen atoms in total. The molecule has 0 N–H and O–H groups in total. The second-order valence-electron chi connectivity index (χ2n) is 19.5. The Morgan fingerprint density at radius 1 is 0.329 bits per heavy atom. The van der Waals surface area contributed by atoms with Crippen molar-refractivity contribution in [2.24, 2.45) is 0 Å². The monoisotopic (exact) mass is 973 g/mol. The van der Waals surface area contributed by atoms with Crippen LogP contribution < -0.4 is 0 Å². The molecule has 0 bridgehead atoms. The van der Waals surface area contributed by atoms with Gasteiger partial charge in [-0.3, -0.25) is 9.59 Å². The van der Waals surface area contributed by atoms with E-state index in [1.165, 1.54) is 161 Å². The SMILES string of the molecule is CC/C=C\C/C=C\C/C=C\C/C=C\CCCCC(=O)OC(COCCCCCCCCC/C=C\C/C=C\C/C=C\CCCCC)COC(=O)CCCCCCCCCCC/C=C\CCCCCCCC. The Hall–Kier alpha value is -3.18. The minimum absolute atomic E-state index is 0.0597. The highest BCUT2D eigenvalue weighted by Crippen LogP contribution is 2.14. The van der Waals surface area contributed by atoms with Gasteiger partial charge in [-0.2, -0.15) is 0 Å². The normalized spacial score (nSPS) is 12.9. The quantitative estimate of drug-likeness (QED) is 0.0345. The van der Waals surface area contributed by atoms with E-state index in [-0.39, 0.29) is 25.2 Å². The zero-order chi connectivity index (χ0) is 50.6. The Morgan fingerprint density at radius 3 is 1.10 bits per heavy atom. The summed E-state index contributed by atoms with van der Waals surface area (Å²) in [6.45, 7) is 7.63. The molecule has 0 aliphatic carbocycles. The molecule has 5 heteroatoms. The largest absolute Gasteiger partial charge is 0.462 e. The van der Waals surface area contributed by atoms with Crippen LogP contribution in [0, 0.1) is 0 Å². The summed E-state index contributed by atoms with van der Waals surface area (Å²) < 4.78 is 17.5. The summed E-state index contributed by atoms with van der Waals surface area (Å²) in [5.41, 5.74) is 0. The first-order chi connectivity index (χ1) is 34.6. The highest BCUT2D eigenvalue weighted by atomic mass is 16.6. The van der Waals surface area contributed by atoms with E-state index < -0.39 is 6.10 Å². The molecule has 0 rings (SSSR count). The molecule has 0 aromatic heterocycles. The fraction of sp³-hybridized carbons (Fsp3) is 0.723. The fourth-order valence-corrected chi connectivity index (χ4v) is 8.15. The molecule has 1 atom stereocenters. The van der Waals surface area contributed by atoms with Gasteiger partial charge in [0, 0.05) is 19.4 Å². The van der Waals surface area contributed by atoms with Crippen LogP contribution in [0.1, 0.15) is 278 Å². The van der Waals surface area contributed by atoms with E-state index in [0.29, 0.717) is 19.4 Å². The van der Waals surface area contributed by atoms with Gasteiger partial charge in [-0.15, -0.1) is 0 Å². The van der Waals surface area contributed by atoms with Gasteiger partial charge in [-0.1, -0.05) is 240 Å². The average Bonchev–Trinajstić information content (AvgIpc) is 3.36. The van der Waals surface area contributed by atoms with Gasteiger partial charge in [0.2, 0.25) is 0 Å². The van der Waals surface area contributed by atoms with Crippen molar-refractivity contribution in [2.75, 3.05) is 19.8 Å². The number of rotatable bonds is 54. The van der Waals surface area contributed by atoms with E-state index in [1.54, 1.807) is 0 Å². The number of esters is 2. The van der Waals surface area contributed by atoms with Crippen molar-refractivity contribution in [2.45, 2.75) is 284 Å². The zero-order valence-corrected chi connectivity index (χ0v) is 46.3. The fourth-order valence-electron chi connectivity index (χ4n) is 8.15. The molecule has 0 aliphatic heterocycles. The molecule has 0 spiro atoms.